The van der Waals surface area contributed by atoms with Gasteiger partial charge in [0.15, 0.2) is 0 Å². The highest BCUT2D eigenvalue weighted by Gasteiger charge is 2.21. The predicted octanol–water partition coefficient (Wildman–Crippen LogP) is 5.00. The van der Waals surface area contributed by atoms with E-state index in [-0.39, 0.29) is 11.8 Å². The average molecular weight is 425 g/mol. The number of benzene rings is 3. The van der Waals surface area contributed by atoms with Crippen LogP contribution in [0.2, 0.25) is 0 Å². The monoisotopic (exact) mass is 424 g/mol. The molecule has 1 saturated carbocycles. The molecule has 0 spiro atoms. The molecular formula is C28H28N2O2. The van der Waals surface area contributed by atoms with E-state index in [1.165, 1.54) is 12.8 Å². The van der Waals surface area contributed by atoms with Gasteiger partial charge in [0.2, 0.25) is 5.91 Å². The molecule has 1 aliphatic rings. The van der Waals surface area contributed by atoms with Crippen LogP contribution in [0.15, 0.2) is 91.0 Å². The van der Waals surface area contributed by atoms with Gasteiger partial charge in [0.1, 0.15) is 0 Å². The molecule has 3 aromatic rings. The zero-order chi connectivity index (χ0) is 22.2. The van der Waals surface area contributed by atoms with Crippen LogP contribution in [0.1, 0.15) is 29.5 Å². The highest BCUT2D eigenvalue weighted by atomic mass is 16.2. The molecule has 0 saturated heterocycles. The molecule has 4 nitrogen and oxygen atoms in total. The minimum atomic E-state index is -0.104. The summed E-state index contributed by atoms with van der Waals surface area (Å²) in [6.07, 6.45) is 6.17. The van der Waals surface area contributed by atoms with E-state index in [1.807, 2.05) is 91.0 Å². The molecule has 162 valence electrons. The number of hydrogen-bond donors (Lipinski definition) is 1. The van der Waals surface area contributed by atoms with Crippen molar-refractivity contribution in [3.05, 3.63) is 108 Å². The Labute approximate surface area is 189 Å². The quantitative estimate of drug-likeness (QED) is 0.491. The molecular weight excluding hydrogens is 396 g/mol. The first-order chi connectivity index (χ1) is 15.7. The molecule has 32 heavy (non-hydrogen) atoms. The van der Waals surface area contributed by atoms with Crippen molar-refractivity contribution in [3.8, 4) is 0 Å². The van der Waals surface area contributed by atoms with Crippen LogP contribution in [0.25, 0.3) is 6.08 Å². The molecule has 0 radical (unpaired) electrons. The Morgan fingerprint density at radius 2 is 1.56 bits per heavy atom. The zero-order valence-electron chi connectivity index (χ0n) is 18.1. The molecule has 1 N–H and O–H groups in total. The van der Waals surface area contributed by atoms with Crippen LogP contribution in [-0.4, -0.2) is 18.4 Å². The lowest BCUT2D eigenvalue weighted by molar-refractivity contribution is -0.120. The van der Waals surface area contributed by atoms with Crippen molar-refractivity contribution in [3.63, 3.8) is 0 Å². The number of anilines is 1. The highest BCUT2D eigenvalue weighted by Crippen LogP contribution is 2.27. The van der Waals surface area contributed by atoms with Gasteiger partial charge in [-0.2, -0.15) is 0 Å². The van der Waals surface area contributed by atoms with Crippen LogP contribution in [0.4, 0.5) is 5.69 Å². The lowest BCUT2D eigenvalue weighted by Crippen LogP contribution is -2.29. The van der Waals surface area contributed by atoms with E-state index in [0.29, 0.717) is 18.9 Å². The van der Waals surface area contributed by atoms with Crippen LogP contribution in [-0.2, 0) is 22.6 Å². The van der Waals surface area contributed by atoms with Gasteiger partial charge >= 0.3 is 0 Å². The Morgan fingerprint density at radius 1 is 0.875 bits per heavy atom. The minimum Gasteiger partial charge on any atom is -0.356 e. The second-order valence-corrected chi connectivity index (χ2v) is 8.25. The first kappa shape index (κ1) is 21.6. The number of carbonyl (C=O) groups is 2. The van der Waals surface area contributed by atoms with Gasteiger partial charge in [0.25, 0.3) is 5.91 Å². The summed E-state index contributed by atoms with van der Waals surface area (Å²) < 4.78 is 0. The molecule has 4 heteroatoms. The molecule has 0 unspecified atom stereocenters. The van der Waals surface area contributed by atoms with Crippen molar-refractivity contribution in [1.82, 2.24) is 5.32 Å². The number of amides is 2. The van der Waals surface area contributed by atoms with Crippen LogP contribution in [0.3, 0.4) is 0 Å². The van der Waals surface area contributed by atoms with Crippen LogP contribution in [0, 0.1) is 5.92 Å². The fourth-order valence-corrected chi connectivity index (χ4v) is 3.55. The lowest BCUT2D eigenvalue weighted by Gasteiger charge is -2.22. The van der Waals surface area contributed by atoms with Crippen LogP contribution < -0.4 is 10.2 Å². The second kappa shape index (κ2) is 10.6. The Morgan fingerprint density at radius 3 is 2.28 bits per heavy atom. The lowest BCUT2D eigenvalue weighted by atomic mass is 10.1. The van der Waals surface area contributed by atoms with E-state index in [4.69, 9.17) is 0 Å². The van der Waals surface area contributed by atoms with Crippen LogP contribution in [0.5, 0.6) is 0 Å². The zero-order valence-corrected chi connectivity index (χ0v) is 18.1. The van der Waals surface area contributed by atoms with Crippen molar-refractivity contribution < 1.29 is 9.59 Å². The number of hydrogen-bond acceptors (Lipinski definition) is 2. The fourth-order valence-electron chi connectivity index (χ4n) is 3.55. The van der Waals surface area contributed by atoms with Gasteiger partial charge in [-0.05, 0) is 53.7 Å². The predicted molar refractivity (Wildman–Crippen MR) is 129 cm³/mol. The second-order valence-electron chi connectivity index (χ2n) is 8.25. The van der Waals surface area contributed by atoms with Gasteiger partial charge in [0, 0.05) is 18.3 Å². The van der Waals surface area contributed by atoms with Crippen molar-refractivity contribution in [1.29, 1.82) is 0 Å². The molecule has 0 aromatic heterocycles. The third-order valence-electron chi connectivity index (χ3n) is 5.54. The van der Waals surface area contributed by atoms with Gasteiger partial charge in [-0.25, -0.2) is 0 Å². The van der Waals surface area contributed by atoms with Gasteiger partial charge in [0.05, 0.1) is 13.0 Å². The Balaban J connectivity index is 1.52. The summed E-state index contributed by atoms with van der Waals surface area (Å²) in [6.45, 7) is 1.22. The molecule has 0 aliphatic heterocycles. The van der Waals surface area contributed by atoms with Gasteiger partial charge in [-0.3, -0.25) is 9.59 Å². The molecule has 3 aromatic carbocycles. The van der Waals surface area contributed by atoms with Gasteiger partial charge in [-0.1, -0.05) is 72.8 Å². The van der Waals surface area contributed by atoms with E-state index in [2.05, 4.69) is 5.32 Å². The van der Waals surface area contributed by atoms with E-state index in [1.54, 1.807) is 11.0 Å². The highest BCUT2D eigenvalue weighted by molar-refractivity contribution is 6.03. The maximum absolute atomic E-state index is 13.2. The molecule has 0 bridgehead atoms. The molecule has 2 amide bonds. The number of carbonyl (C=O) groups excluding carboxylic acids is 2. The summed E-state index contributed by atoms with van der Waals surface area (Å²) >= 11 is 0. The van der Waals surface area contributed by atoms with Crippen molar-refractivity contribution >= 4 is 23.6 Å². The van der Waals surface area contributed by atoms with Crippen molar-refractivity contribution in [2.24, 2.45) is 5.92 Å². The smallest absolute Gasteiger partial charge is 0.251 e. The van der Waals surface area contributed by atoms with E-state index < -0.39 is 0 Å². The molecule has 4 rings (SSSR count). The third-order valence-corrected chi connectivity index (χ3v) is 5.54. The third kappa shape index (κ3) is 6.42. The fraction of sp³-hybridized carbons (Fsp3) is 0.214. The Bertz CT molecular complexity index is 1070. The van der Waals surface area contributed by atoms with Crippen LogP contribution >= 0.6 is 0 Å². The van der Waals surface area contributed by atoms with Gasteiger partial charge < -0.3 is 10.2 Å². The van der Waals surface area contributed by atoms with E-state index in [9.17, 15) is 9.59 Å². The SMILES string of the molecule is O=C(Cc1cccc(N(Cc2ccccc2)C(=O)/C=C/c2ccccc2)c1)NCC1CC1. The largest absolute Gasteiger partial charge is 0.356 e. The Kier molecular flexibility index (Phi) is 7.13. The molecule has 1 aliphatic carbocycles. The summed E-state index contributed by atoms with van der Waals surface area (Å²) in [5, 5.41) is 3.01. The maximum Gasteiger partial charge on any atom is 0.251 e. The molecule has 0 atom stereocenters. The summed E-state index contributed by atoms with van der Waals surface area (Å²) in [4.78, 5) is 27.3. The van der Waals surface area contributed by atoms with E-state index >= 15 is 0 Å². The number of rotatable bonds is 9. The molecule has 0 heterocycles. The summed E-state index contributed by atoms with van der Waals surface area (Å²) in [5.74, 6) is 0.577. The first-order valence-corrected chi connectivity index (χ1v) is 11.1. The molecule has 1 fully saturated rings. The first-order valence-electron chi connectivity index (χ1n) is 11.1. The van der Waals surface area contributed by atoms with E-state index in [0.717, 1.165) is 28.9 Å². The number of nitrogens with one attached hydrogen (secondary N) is 1. The minimum absolute atomic E-state index is 0.0268. The standard InChI is InChI=1S/C28H28N2O2/c31-27(29-20-23-14-15-23)19-25-12-7-13-26(18-25)30(21-24-10-5-2-6-11-24)28(32)17-16-22-8-3-1-4-9-22/h1-13,16-18,23H,14-15,19-21H2,(H,29,31)/b17-16+. The summed E-state index contributed by atoms with van der Waals surface area (Å²) in [5.41, 5.74) is 3.70. The topological polar surface area (TPSA) is 49.4 Å². The normalized spacial score (nSPS) is 13.1. The summed E-state index contributed by atoms with van der Waals surface area (Å²) in [7, 11) is 0. The average Bonchev–Trinajstić information content (AvgIpc) is 3.66. The van der Waals surface area contributed by atoms with Gasteiger partial charge in [-0.15, -0.1) is 0 Å². The Hall–Kier alpha value is -3.66. The number of nitrogens with zero attached hydrogens (tertiary/aromatic N) is 1. The van der Waals surface area contributed by atoms with Crippen molar-refractivity contribution in [2.75, 3.05) is 11.4 Å². The summed E-state index contributed by atoms with van der Waals surface area (Å²) in [6, 6.07) is 27.4. The maximum atomic E-state index is 13.2. The van der Waals surface area contributed by atoms with Crippen molar-refractivity contribution in [2.45, 2.75) is 25.8 Å².